The van der Waals surface area contributed by atoms with Gasteiger partial charge in [0.25, 0.3) is 11.8 Å². The van der Waals surface area contributed by atoms with Crippen LogP contribution in [0.3, 0.4) is 0 Å². The Morgan fingerprint density at radius 1 is 0.889 bits per heavy atom. The Bertz CT molecular complexity index is 989. The minimum atomic E-state index is -0.659. The highest BCUT2D eigenvalue weighted by atomic mass is 32.1. The van der Waals surface area contributed by atoms with Gasteiger partial charge in [0, 0.05) is 11.4 Å². The van der Waals surface area contributed by atoms with E-state index in [1.54, 1.807) is 42.5 Å². The Morgan fingerprint density at radius 3 is 2.33 bits per heavy atom. The fraction of sp³-hybridized carbons (Fsp3) is 0. The number of thiocarbonyl (C=S) groups is 1. The monoisotopic (exact) mass is 383 g/mol. The molecule has 1 aromatic heterocycles. The van der Waals surface area contributed by atoms with Crippen LogP contribution in [0.25, 0.3) is 0 Å². The number of furan rings is 1. The quantitative estimate of drug-likeness (QED) is 0.597. The van der Waals surface area contributed by atoms with Crippen LogP contribution < -0.4 is 16.0 Å². The van der Waals surface area contributed by atoms with Gasteiger partial charge in [0.2, 0.25) is 0 Å². The van der Waals surface area contributed by atoms with Gasteiger partial charge in [-0.2, -0.15) is 0 Å². The molecule has 3 rings (SSSR count). The van der Waals surface area contributed by atoms with Crippen LogP contribution >= 0.6 is 12.2 Å². The van der Waals surface area contributed by atoms with Gasteiger partial charge in [-0.25, -0.2) is 4.39 Å². The summed E-state index contributed by atoms with van der Waals surface area (Å²) < 4.78 is 18.7. The third kappa shape index (κ3) is 4.77. The molecule has 0 aliphatic carbocycles. The molecule has 1 heterocycles. The maximum absolute atomic E-state index is 13.6. The predicted octanol–water partition coefficient (Wildman–Crippen LogP) is 3.80. The fourth-order valence-corrected chi connectivity index (χ4v) is 2.46. The first kappa shape index (κ1) is 18.3. The minimum absolute atomic E-state index is 0.00207. The average Bonchev–Trinajstić information content (AvgIpc) is 3.17. The Labute approximate surface area is 159 Å². The number of halogens is 1. The van der Waals surface area contributed by atoms with Crippen LogP contribution in [0.1, 0.15) is 20.9 Å². The second-order valence-corrected chi connectivity index (χ2v) is 5.81. The number of nitrogens with one attached hydrogen (secondary N) is 3. The number of rotatable bonds is 4. The van der Waals surface area contributed by atoms with Crippen molar-refractivity contribution in [3.05, 3.63) is 84.1 Å². The number of carbonyl (C=O) groups is 2. The molecule has 6 nitrogen and oxygen atoms in total. The maximum Gasteiger partial charge on any atom is 0.291 e. The smallest absolute Gasteiger partial charge is 0.291 e. The summed E-state index contributed by atoms with van der Waals surface area (Å²) in [6, 6.07) is 15.5. The third-order valence-corrected chi connectivity index (χ3v) is 3.67. The molecule has 0 saturated carbocycles. The lowest BCUT2D eigenvalue weighted by Crippen LogP contribution is -2.34. The molecule has 3 aromatic rings. The maximum atomic E-state index is 13.6. The first-order chi connectivity index (χ1) is 13.0. The molecule has 2 aromatic carbocycles. The van der Waals surface area contributed by atoms with E-state index in [0.717, 1.165) is 0 Å². The Kier molecular flexibility index (Phi) is 5.58. The standard InChI is InChI=1S/C19H14FN3O3S/c20-15-8-2-1-7-14(15)17(24)23-19(27)22-13-6-3-5-12(11-13)21-18(25)16-9-4-10-26-16/h1-11H,(H,21,25)(H2,22,23,24,27). The lowest BCUT2D eigenvalue weighted by atomic mass is 10.2. The molecule has 0 atom stereocenters. The second-order valence-electron chi connectivity index (χ2n) is 5.40. The largest absolute Gasteiger partial charge is 0.459 e. The van der Waals surface area contributed by atoms with Gasteiger partial charge in [0.05, 0.1) is 11.8 Å². The molecule has 0 bridgehead atoms. The Balaban J connectivity index is 1.62. The average molecular weight is 383 g/mol. The van der Waals surface area contributed by atoms with Crippen molar-refractivity contribution in [3.63, 3.8) is 0 Å². The van der Waals surface area contributed by atoms with Crippen LogP contribution in [0.2, 0.25) is 0 Å². The van der Waals surface area contributed by atoms with Gasteiger partial charge in [-0.05, 0) is 54.7 Å². The molecule has 136 valence electrons. The van der Waals surface area contributed by atoms with Gasteiger partial charge in [-0.3, -0.25) is 14.9 Å². The number of benzene rings is 2. The highest BCUT2D eigenvalue weighted by Gasteiger charge is 2.13. The molecule has 27 heavy (non-hydrogen) atoms. The molecule has 2 amide bonds. The molecule has 3 N–H and O–H groups in total. The van der Waals surface area contributed by atoms with E-state index in [9.17, 15) is 14.0 Å². The van der Waals surface area contributed by atoms with E-state index in [4.69, 9.17) is 16.6 Å². The van der Waals surface area contributed by atoms with Crippen molar-refractivity contribution in [1.82, 2.24) is 5.32 Å². The van der Waals surface area contributed by atoms with Crippen molar-refractivity contribution < 1.29 is 18.4 Å². The van der Waals surface area contributed by atoms with E-state index >= 15 is 0 Å². The van der Waals surface area contributed by atoms with Crippen LogP contribution in [-0.2, 0) is 0 Å². The van der Waals surface area contributed by atoms with E-state index in [1.807, 2.05) is 0 Å². The van der Waals surface area contributed by atoms with E-state index in [0.29, 0.717) is 11.4 Å². The first-order valence-corrected chi connectivity index (χ1v) is 8.25. The van der Waals surface area contributed by atoms with Crippen LogP contribution in [0, 0.1) is 5.82 Å². The molecular weight excluding hydrogens is 369 g/mol. The van der Waals surface area contributed by atoms with Crippen LogP contribution in [-0.4, -0.2) is 16.9 Å². The van der Waals surface area contributed by atoms with Crippen LogP contribution in [0.4, 0.5) is 15.8 Å². The summed E-state index contributed by atoms with van der Waals surface area (Å²) >= 11 is 5.08. The molecule has 0 unspecified atom stereocenters. The molecular formula is C19H14FN3O3S. The summed E-state index contributed by atoms with van der Waals surface area (Å²) in [6.45, 7) is 0. The molecule has 0 radical (unpaired) electrons. The zero-order valence-corrected chi connectivity index (χ0v) is 14.7. The van der Waals surface area contributed by atoms with Crippen LogP contribution in [0.5, 0.6) is 0 Å². The number of amides is 2. The van der Waals surface area contributed by atoms with Gasteiger partial charge < -0.3 is 15.1 Å². The van der Waals surface area contributed by atoms with Gasteiger partial charge in [0.1, 0.15) is 5.82 Å². The Morgan fingerprint density at radius 2 is 1.63 bits per heavy atom. The SMILES string of the molecule is O=C(Nc1cccc(NC(=S)NC(=O)c2ccccc2F)c1)c1ccco1. The summed E-state index contributed by atoms with van der Waals surface area (Å²) in [4.78, 5) is 24.1. The normalized spacial score (nSPS) is 10.1. The van der Waals surface area contributed by atoms with E-state index in [2.05, 4.69) is 16.0 Å². The van der Waals surface area contributed by atoms with Crippen molar-refractivity contribution >= 4 is 40.5 Å². The second kappa shape index (κ2) is 8.24. The lowest BCUT2D eigenvalue weighted by molar-refractivity contribution is 0.0971. The summed E-state index contributed by atoms with van der Waals surface area (Å²) in [7, 11) is 0. The zero-order valence-electron chi connectivity index (χ0n) is 13.9. The minimum Gasteiger partial charge on any atom is -0.459 e. The van der Waals surface area contributed by atoms with Crippen LogP contribution in [0.15, 0.2) is 71.3 Å². The highest BCUT2D eigenvalue weighted by molar-refractivity contribution is 7.80. The lowest BCUT2D eigenvalue weighted by Gasteiger charge is -2.11. The molecule has 0 aliphatic rings. The third-order valence-electron chi connectivity index (χ3n) is 3.47. The van der Waals surface area contributed by atoms with Gasteiger partial charge in [0.15, 0.2) is 10.9 Å². The molecule has 0 spiro atoms. The topological polar surface area (TPSA) is 83.4 Å². The van der Waals surface area contributed by atoms with E-state index in [1.165, 1.54) is 24.5 Å². The van der Waals surface area contributed by atoms with Crippen molar-refractivity contribution in [1.29, 1.82) is 0 Å². The first-order valence-electron chi connectivity index (χ1n) is 7.85. The van der Waals surface area contributed by atoms with Crippen molar-refractivity contribution in [2.75, 3.05) is 10.6 Å². The fourth-order valence-electron chi connectivity index (χ4n) is 2.25. The summed E-state index contributed by atoms with van der Waals surface area (Å²) in [5.41, 5.74) is 0.928. The zero-order chi connectivity index (χ0) is 19.2. The number of hydrogen-bond acceptors (Lipinski definition) is 4. The van der Waals surface area contributed by atoms with Gasteiger partial charge in [-0.15, -0.1) is 0 Å². The van der Waals surface area contributed by atoms with E-state index in [-0.39, 0.29) is 16.4 Å². The number of anilines is 2. The number of hydrogen-bond donors (Lipinski definition) is 3. The van der Waals surface area contributed by atoms with Crippen molar-refractivity contribution in [2.45, 2.75) is 0 Å². The van der Waals surface area contributed by atoms with E-state index < -0.39 is 17.6 Å². The molecule has 0 fully saturated rings. The molecule has 0 saturated heterocycles. The summed E-state index contributed by atoms with van der Waals surface area (Å²) in [6.07, 6.45) is 1.41. The highest BCUT2D eigenvalue weighted by Crippen LogP contribution is 2.16. The predicted molar refractivity (Wildman–Crippen MR) is 103 cm³/mol. The molecule has 0 aliphatic heterocycles. The molecule has 8 heteroatoms. The Hall–Kier alpha value is -3.52. The van der Waals surface area contributed by atoms with Crippen molar-refractivity contribution in [2.24, 2.45) is 0 Å². The van der Waals surface area contributed by atoms with Crippen molar-refractivity contribution in [3.8, 4) is 0 Å². The summed E-state index contributed by atoms with van der Waals surface area (Å²) in [5.74, 6) is -1.51. The van der Waals surface area contributed by atoms with Gasteiger partial charge >= 0.3 is 0 Å². The summed E-state index contributed by atoms with van der Waals surface area (Å²) in [5, 5.41) is 7.90. The number of carbonyl (C=O) groups excluding carboxylic acids is 2. The van der Waals surface area contributed by atoms with Gasteiger partial charge in [-0.1, -0.05) is 18.2 Å².